The minimum atomic E-state index is -1.00. The molecule has 3 aliphatic rings. The highest BCUT2D eigenvalue weighted by Gasteiger charge is 2.62. The van der Waals surface area contributed by atoms with Gasteiger partial charge in [0.05, 0.1) is 11.7 Å². The standard InChI is InChI=1S/C25H40O6/c1-15(11-17(27)21-16(2)12-20(29)31-21)7-8-19-24(4)10-6-9-23(3,14-26)22(24)18(28)13-25(19,5)30/h11-12,17-19,21-22,26-28,30H,6-10,13-14H2,1-5H3/b15-11+/t17-,18-,19+,21-,22-,23-,24+,25+/m0/s1. The maximum absolute atomic E-state index is 11.4. The molecule has 0 saturated heterocycles. The van der Waals surface area contributed by atoms with E-state index in [0.29, 0.717) is 18.4 Å². The molecule has 3 rings (SSSR count). The number of aliphatic hydroxyl groups excluding tert-OH is 3. The Kier molecular flexibility index (Phi) is 6.79. The van der Waals surface area contributed by atoms with Crippen LogP contribution in [0, 0.1) is 22.7 Å². The minimum Gasteiger partial charge on any atom is -0.452 e. The zero-order chi connectivity index (χ0) is 23.2. The second-order valence-electron chi connectivity index (χ2n) is 11.1. The number of fused-ring (bicyclic) bond motifs is 1. The van der Waals surface area contributed by atoms with Gasteiger partial charge in [-0.15, -0.1) is 0 Å². The smallest absolute Gasteiger partial charge is 0.331 e. The topological polar surface area (TPSA) is 107 Å². The lowest BCUT2D eigenvalue weighted by molar-refractivity contribution is -0.223. The molecule has 0 radical (unpaired) electrons. The molecule has 4 N–H and O–H groups in total. The SMILES string of the molecule is CC1=CC(=O)O[C@@H]1[C@@H](O)/C=C(\C)CC[C@@H]1[C@@]2(C)CCC[C@@](C)(CO)[C@@H]2[C@@H](O)C[C@@]1(C)O. The van der Waals surface area contributed by atoms with E-state index in [1.54, 1.807) is 13.0 Å². The maximum atomic E-state index is 11.4. The predicted molar refractivity (Wildman–Crippen MR) is 118 cm³/mol. The number of esters is 1. The number of rotatable bonds is 6. The van der Waals surface area contributed by atoms with Crippen LogP contribution in [0.5, 0.6) is 0 Å². The Labute approximate surface area is 186 Å². The van der Waals surface area contributed by atoms with E-state index in [1.165, 1.54) is 6.08 Å². The van der Waals surface area contributed by atoms with Crippen molar-refractivity contribution >= 4 is 5.97 Å². The zero-order valence-electron chi connectivity index (χ0n) is 19.6. The molecule has 0 aromatic rings. The quantitative estimate of drug-likeness (QED) is 0.377. The Morgan fingerprint density at radius 1 is 1.32 bits per heavy atom. The average Bonchev–Trinajstić information content (AvgIpc) is 2.98. The fourth-order valence-electron chi connectivity index (χ4n) is 7.18. The Balaban J connectivity index is 1.77. The van der Waals surface area contributed by atoms with Gasteiger partial charge in [-0.2, -0.15) is 0 Å². The summed E-state index contributed by atoms with van der Waals surface area (Å²) in [5.41, 5.74) is 0.0595. The van der Waals surface area contributed by atoms with Gasteiger partial charge in [0.2, 0.25) is 0 Å². The summed E-state index contributed by atoms with van der Waals surface area (Å²) < 4.78 is 5.18. The van der Waals surface area contributed by atoms with E-state index < -0.39 is 29.9 Å². The lowest BCUT2D eigenvalue weighted by Crippen LogP contribution is -2.63. The lowest BCUT2D eigenvalue weighted by atomic mass is 9.44. The van der Waals surface area contributed by atoms with Gasteiger partial charge in [-0.25, -0.2) is 4.79 Å². The van der Waals surface area contributed by atoms with Crippen molar-refractivity contribution in [1.82, 2.24) is 0 Å². The third-order valence-corrected chi connectivity index (χ3v) is 8.47. The molecule has 176 valence electrons. The highest BCUT2D eigenvalue weighted by atomic mass is 16.6. The molecule has 0 bridgehead atoms. The van der Waals surface area contributed by atoms with Gasteiger partial charge in [0.1, 0.15) is 6.10 Å². The van der Waals surface area contributed by atoms with E-state index in [1.807, 2.05) is 13.8 Å². The van der Waals surface area contributed by atoms with E-state index in [2.05, 4.69) is 13.8 Å². The number of cyclic esters (lactones) is 1. The maximum Gasteiger partial charge on any atom is 0.331 e. The molecule has 1 aliphatic heterocycles. The van der Waals surface area contributed by atoms with E-state index >= 15 is 0 Å². The second kappa shape index (κ2) is 8.62. The summed E-state index contributed by atoms with van der Waals surface area (Å²) in [6.45, 7) is 9.82. The molecule has 2 saturated carbocycles. The largest absolute Gasteiger partial charge is 0.452 e. The van der Waals surface area contributed by atoms with Crippen LogP contribution in [-0.2, 0) is 9.53 Å². The van der Waals surface area contributed by atoms with E-state index in [-0.39, 0.29) is 29.3 Å². The summed E-state index contributed by atoms with van der Waals surface area (Å²) in [7, 11) is 0. The van der Waals surface area contributed by atoms with Gasteiger partial charge in [0.25, 0.3) is 0 Å². The van der Waals surface area contributed by atoms with Crippen LogP contribution in [0.2, 0.25) is 0 Å². The number of carbonyl (C=O) groups excluding carboxylic acids is 1. The van der Waals surface area contributed by atoms with Crippen LogP contribution in [0.4, 0.5) is 0 Å². The first-order chi connectivity index (χ1) is 14.3. The average molecular weight is 437 g/mol. The van der Waals surface area contributed by atoms with Crippen LogP contribution in [0.3, 0.4) is 0 Å². The predicted octanol–water partition coefficient (Wildman–Crippen LogP) is 2.88. The highest BCUT2D eigenvalue weighted by molar-refractivity contribution is 5.85. The van der Waals surface area contributed by atoms with Crippen molar-refractivity contribution in [2.45, 2.75) is 97.1 Å². The second-order valence-corrected chi connectivity index (χ2v) is 11.1. The molecular weight excluding hydrogens is 396 g/mol. The number of hydrogen-bond donors (Lipinski definition) is 4. The fraction of sp³-hybridized carbons (Fsp3) is 0.800. The van der Waals surface area contributed by atoms with Crippen molar-refractivity contribution in [2.75, 3.05) is 6.61 Å². The molecule has 6 nitrogen and oxygen atoms in total. The molecule has 1 heterocycles. The zero-order valence-corrected chi connectivity index (χ0v) is 19.6. The summed E-state index contributed by atoms with van der Waals surface area (Å²) in [6.07, 6.45) is 5.46. The van der Waals surface area contributed by atoms with Gasteiger partial charge in [-0.05, 0) is 74.7 Å². The number of hydrogen-bond acceptors (Lipinski definition) is 6. The van der Waals surface area contributed by atoms with Crippen LogP contribution >= 0.6 is 0 Å². The van der Waals surface area contributed by atoms with Crippen molar-refractivity contribution in [3.63, 3.8) is 0 Å². The van der Waals surface area contributed by atoms with Gasteiger partial charge < -0.3 is 25.2 Å². The Hall–Kier alpha value is -1.21. The van der Waals surface area contributed by atoms with Gasteiger partial charge in [0, 0.05) is 19.1 Å². The summed E-state index contributed by atoms with van der Waals surface area (Å²) in [5.74, 6) is -0.525. The number of allylic oxidation sites excluding steroid dienone is 1. The molecular formula is C25H40O6. The summed E-state index contributed by atoms with van der Waals surface area (Å²) in [4.78, 5) is 11.4. The number of carbonyl (C=O) groups is 1. The van der Waals surface area contributed by atoms with Crippen molar-refractivity contribution in [1.29, 1.82) is 0 Å². The Bertz CT molecular complexity index is 755. The molecule has 2 aliphatic carbocycles. The van der Waals surface area contributed by atoms with Gasteiger partial charge in [0.15, 0.2) is 6.10 Å². The van der Waals surface area contributed by atoms with Crippen molar-refractivity contribution < 1.29 is 30.0 Å². The third kappa shape index (κ3) is 4.50. The van der Waals surface area contributed by atoms with Crippen LogP contribution in [-0.4, -0.2) is 56.9 Å². The summed E-state index contributed by atoms with van der Waals surface area (Å²) in [5, 5.41) is 43.0. The van der Waals surface area contributed by atoms with Gasteiger partial charge in [-0.1, -0.05) is 31.9 Å². The molecule has 8 atom stereocenters. The first kappa shape index (κ1) is 24.4. The fourth-order valence-corrected chi connectivity index (χ4v) is 7.18. The monoisotopic (exact) mass is 436 g/mol. The first-order valence-electron chi connectivity index (χ1n) is 11.6. The van der Waals surface area contributed by atoms with Crippen molar-refractivity contribution in [3.05, 3.63) is 23.3 Å². The first-order valence-corrected chi connectivity index (χ1v) is 11.6. The normalized spacial score (nSPS) is 44.5. The van der Waals surface area contributed by atoms with E-state index in [4.69, 9.17) is 4.74 Å². The molecule has 0 aromatic carbocycles. The van der Waals surface area contributed by atoms with Gasteiger partial charge >= 0.3 is 5.97 Å². The molecule has 0 amide bonds. The molecule has 31 heavy (non-hydrogen) atoms. The summed E-state index contributed by atoms with van der Waals surface area (Å²) in [6, 6.07) is 0. The van der Waals surface area contributed by atoms with Crippen LogP contribution in [0.1, 0.15) is 73.1 Å². The molecule has 2 fully saturated rings. The van der Waals surface area contributed by atoms with Crippen molar-refractivity contribution in [2.24, 2.45) is 22.7 Å². The van der Waals surface area contributed by atoms with Gasteiger partial charge in [-0.3, -0.25) is 0 Å². The minimum absolute atomic E-state index is 0.0361. The van der Waals surface area contributed by atoms with Crippen LogP contribution in [0.15, 0.2) is 23.3 Å². The number of ether oxygens (including phenoxy) is 1. The van der Waals surface area contributed by atoms with Crippen LogP contribution in [0.25, 0.3) is 0 Å². The van der Waals surface area contributed by atoms with E-state index in [0.717, 1.165) is 31.3 Å². The molecule has 6 heteroatoms. The molecule has 0 aromatic heterocycles. The third-order valence-electron chi connectivity index (χ3n) is 8.47. The molecule has 0 spiro atoms. The molecule has 0 unspecified atom stereocenters. The van der Waals surface area contributed by atoms with Crippen LogP contribution < -0.4 is 0 Å². The highest BCUT2D eigenvalue weighted by Crippen LogP contribution is 2.63. The summed E-state index contributed by atoms with van der Waals surface area (Å²) >= 11 is 0. The van der Waals surface area contributed by atoms with Crippen molar-refractivity contribution in [3.8, 4) is 0 Å². The number of aliphatic hydroxyl groups is 4. The Morgan fingerprint density at radius 3 is 2.58 bits per heavy atom. The lowest BCUT2D eigenvalue weighted by Gasteiger charge is -2.63. The Morgan fingerprint density at radius 2 is 2.00 bits per heavy atom. The van der Waals surface area contributed by atoms with E-state index in [9.17, 15) is 25.2 Å².